The molecular formula is C17H18N4O2S. The summed E-state index contributed by atoms with van der Waals surface area (Å²) in [5.41, 5.74) is 2.66. The first-order valence-corrected chi connectivity index (χ1v) is 8.88. The highest BCUT2D eigenvalue weighted by atomic mass is 32.1. The number of rotatable bonds is 4. The molecule has 1 saturated heterocycles. The van der Waals surface area contributed by atoms with Crippen LogP contribution in [0.25, 0.3) is 21.5 Å². The van der Waals surface area contributed by atoms with E-state index in [0.717, 1.165) is 52.5 Å². The third kappa shape index (κ3) is 3.18. The number of amides is 1. The van der Waals surface area contributed by atoms with Crippen molar-refractivity contribution in [2.75, 3.05) is 13.1 Å². The van der Waals surface area contributed by atoms with Crippen molar-refractivity contribution in [1.29, 1.82) is 0 Å². The zero-order valence-corrected chi connectivity index (χ0v) is 13.9. The summed E-state index contributed by atoms with van der Waals surface area (Å²) in [6, 6.07) is 5.91. The van der Waals surface area contributed by atoms with Crippen LogP contribution in [0, 0.1) is 5.92 Å². The lowest BCUT2D eigenvalue weighted by molar-refractivity contribution is -0.125. The molecule has 3 aromatic rings. The van der Waals surface area contributed by atoms with E-state index in [1.54, 1.807) is 11.3 Å². The van der Waals surface area contributed by atoms with Crippen LogP contribution in [0.15, 0.2) is 35.2 Å². The molecule has 0 saturated carbocycles. The molecule has 0 aliphatic carbocycles. The van der Waals surface area contributed by atoms with Crippen molar-refractivity contribution < 1.29 is 9.21 Å². The summed E-state index contributed by atoms with van der Waals surface area (Å²) in [5.74, 6) is 0.260. The van der Waals surface area contributed by atoms with Gasteiger partial charge < -0.3 is 15.1 Å². The van der Waals surface area contributed by atoms with Crippen molar-refractivity contribution in [1.82, 2.24) is 20.6 Å². The minimum absolute atomic E-state index is 0.125. The van der Waals surface area contributed by atoms with Gasteiger partial charge in [0.2, 0.25) is 5.91 Å². The number of piperidine rings is 1. The maximum absolute atomic E-state index is 12.2. The second-order valence-electron chi connectivity index (χ2n) is 5.90. The first kappa shape index (κ1) is 15.3. The largest absolute Gasteiger partial charge is 0.443 e. The molecule has 7 heteroatoms. The van der Waals surface area contributed by atoms with Gasteiger partial charge in [0.1, 0.15) is 10.5 Å². The van der Waals surface area contributed by atoms with Gasteiger partial charge in [0.15, 0.2) is 12.0 Å². The summed E-state index contributed by atoms with van der Waals surface area (Å²) >= 11 is 1.59. The monoisotopic (exact) mass is 342 g/mol. The molecule has 6 nitrogen and oxygen atoms in total. The Labute approximate surface area is 143 Å². The fraction of sp³-hybridized carbons (Fsp3) is 0.353. The SMILES string of the molecule is O=C(NCc1ncc(-c2ccc3ncoc3c2)s1)C1CCNCC1. The zero-order chi connectivity index (χ0) is 16.4. The Morgan fingerprint density at radius 3 is 3.08 bits per heavy atom. The molecular weight excluding hydrogens is 324 g/mol. The van der Waals surface area contributed by atoms with E-state index >= 15 is 0 Å². The van der Waals surface area contributed by atoms with Crippen LogP contribution < -0.4 is 10.6 Å². The molecule has 1 aliphatic heterocycles. The lowest BCUT2D eigenvalue weighted by Crippen LogP contribution is -2.37. The number of nitrogens with zero attached hydrogens (tertiary/aromatic N) is 2. The van der Waals surface area contributed by atoms with E-state index < -0.39 is 0 Å². The fourth-order valence-electron chi connectivity index (χ4n) is 2.92. The summed E-state index contributed by atoms with van der Waals surface area (Å²) in [6.07, 6.45) is 5.11. The quantitative estimate of drug-likeness (QED) is 0.762. The van der Waals surface area contributed by atoms with Crippen LogP contribution in [-0.4, -0.2) is 29.0 Å². The molecule has 24 heavy (non-hydrogen) atoms. The number of oxazole rings is 1. The van der Waals surface area contributed by atoms with Gasteiger partial charge in [-0.3, -0.25) is 4.79 Å². The third-order valence-corrected chi connectivity index (χ3v) is 5.34. The van der Waals surface area contributed by atoms with Crippen LogP contribution in [-0.2, 0) is 11.3 Å². The Bertz CT molecular complexity index is 851. The number of hydrogen-bond acceptors (Lipinski definition) is 6. The van der Waals surface area contributed by atoms with Crippen LogP contribution in [0.3, 0.4) is 0 Å². The molecule has 1 amide bonds. The second-order valence-corrected chi connectivity index (χ2v) is 7.01. The van der Waals surface area contributed by atoms with E-state index in [4.69, 9.17) is 4.42 Å². The van der Waals surface area contributed by atoms with Gasteiger partial charge in [-0.15, -0.1) is 11.3 Å². The molecule has 2 aromatic heterocycles. The van der Waals surface area contributed by atoms with Crippen molar-refractivity contribution >= 4 is 28.3 Å². The number of benzene rings is 1. The van der Waals surface area contributed by atoms with Crippen molar-refractivity contribution in [3.05, 3.63) is 35.8 Å². The molecule has 0 unspecified atom stereocenters. The minimum atomic E-state index is 0.125. The van der Waals surface area contributed by atoms with Gasteiger partial charge in [-0.05, 0) is 43.6 Å². The smallest absolute Gasteiger partial charge is 0.223 e. The number of nitrogens with one attached hydrogen (secondary N) is 2. The van der Waals surface area contributed by atoms with E-state index in [1.165, 1.54) is 6.39 Å². The van der Waals surface area contributed by atoms with Crippen LogP contribution >= 0.6 is 11.3 Å². The zero-order valence-electron chi connectivity index (χ0n) is 13.1. The molecule has 3 heterocycles. The van der Waals surface area contributed by atoms with Gasteiger partial charge in [0, 0.05) is 12.1 Å². The summed E-state index contributed by atoms with van der Waals surface area (Å²) in [7, 11) is 0. The van der Waals surface area contributed by atoms with Gasteiger partial charge in [-0.2, -0.15) is 0 Å². The van der Waals surface area contributed by atoms with Gasteiger partial charge in [-0.25, -0.2) is 9.97 Å². The van der Waals surface area contributed by atoms with Crippen molar-refractivity contribution in [3.63, 3.8) is 0 Å². The predicted octanol–water partition coefficient (Wildman–Crippen LogP) is 2.57. The third-order valence-electron chi connectivity index (χ3n) is 4.29. The number of carbonyl (C=O) groups excluding carboxylic acids is 1. The molecule has 0 atom stereocenters. The Kier molecular flexibility index (Phi) is 4.27. The van der Waals surface area contributed by atoms with Crippen LogP contribution in [0.4, 0.5) is 0 Å². The molecule has 1 aromatic carbocycles. The van der Waals surface area contributed by atoms with Crippen LogP contribution in [0.5, 0.6) is 0 Å². The van der Waals surface area contributed by atoms with Crippen molar-refractivity contribution in [2.24, 2.45) is 5.92 Å². The van der Waals surface area contributed by atoms with Gasteiger partial charge >= 0.3 is 0 Å². The van der Waals surface area contributed by atoms with Crippen molar-refractivity contribution in [2.45, 2.75) is 19.4 Å². The van der Waals surface area contributed by atoms with E-state index in [9.17, 15) is 4.79 Å². The average Bonchev–Trinajstić information content (AvgIpc) is 3.29. The Hall–Kier alpha value is -2.25. The summed E-state index contributed by atoms with van der Waals surface area (Å²) in [5, 5.41) is 7.19. The van der Waals surface area contributed by atoms with Gasteiger partial charge in [0.25, 0.3) is 0 Å². The molecule has 4 rings (SSSR count). The van der Waals surface area contributed by atoms with E-state index in [-0.39, 0.29) is 11.8 Å². The number of fused-ring (bicyclic) bond motifs is 1. The number of aromatic nitrogens is 2. The highest BCUT2D eigenvalue weighted by molar-refractivity contribution is 7.15. The number of thiazole rings is 1. The summed E-state index contributed by atoms with van der Waals surface area (Å²) < 4.78 is 5.34. The first-order chi connectivity index (χ1) is 11.8. The topological polar surface area (TPSA) is 80.1 Å². The molecule has 1 fully saturated rings. The Balaban J connectivity index is 1.41. The Morgan fingerprint density at radius 2 is 2.21 bits per heavy atom. The summed E-state index contributed by atoms with van der Waals surface area (Å²) in [6.45, 7) is 2.32. The molecule has 1 aliphatic rings. The molecule has 124 valence electrons. The van der Waals surface area contributed by atoms with Gasteiger partial charge in [-0.1, -0.05) is 6.07 Å². The molecule has 2 N–H and O–H groups in total. The van der Waals surface area contributed by atoms with E-state index in [0.29, 0.717) is 6.54 Å². The molecule has 0 bridgehead atoms. The minimum Gasteiger partial charge on any atom is -0.443 e. The van der Waals surface area contributed by atoms with E-state index in [2.05, 4.69) is 20.6 Å². The number of carbonyl (C=O) groups is 1. The second kappa shape index (κ2) is 6.70. The predicted molar refractivity (Wildman–Crippen MR) is 92.6 cm³/mol. The lowest BCUT2D eigenvalue weighted by atomic mass is 9.97. The average molecular weight is 342 g/mol. The molecule has 0 radical (unpaired) electrons. The summed E-state index contributed by atoms with van der Waals surface area (Å²) in [4.78, 5) is 21.8. The van der Waals surface area contributed by atoms with Crippen LogP contribution in [0.1, 0.15) is 17.8 Å². The first-order valence-electron chi connectivity index (χ1n) is 8.06. The normalized spacial score (nSPS) is 15.7. The van der Waals surface area contributed by atoms with E-state index in [1.807, 2.05) is 24.4 Å². The van der Waals surface area contributed by atoms with Crippen LogP contribution in [0.2, 0.25) is 0 Å². The number of hydrogen-bond donors (Lipinski definition) is 2. The standard InChI is InChI=1S/C17H18N4O2S/c22-17(11-3-5-18-6-4-11)20-9-16-19-8-15(24-16)12-1-2-13-14(7-12)23-10-21-13/h1-2,7-8,10-11,18H,3-6,9H2,(H,20,22). The maximum atomic E-state index is 12.2. The molecule has 0 spiro atoms. The highest BCUT2D eigenvalue weighted by Gasteiger charge is 2.20. The van der Waals surface area contributed by atoms with Crippen molar-refractivity contribution in [3.8, 4) is 10.4 Å². The Morgan fingerprint density at radius 1 is 1.33 bits per heavy atom. The maximum Gasteiger partial charge on any atom is 0.223 e. The van der Waals surface area contributed by atoms with Gasteiger partial charge in [0.05, 0.1) is 11.4 Å². The lowest BCUT2D eigenvalue weighted by Gasteiger charge is -2.21. The fourth-order valence-corrected chi connectivity index (χ4v) is 3.78. The highest BCUT2D eigenvalue weighted by Crippen LogP contribution is 2.28.